The number of hydrogen-bond donors (Lipinski definition) is 2. The summed E-state index contributed by atoms with van der Waals surface area (Å²) in [5.41, 5.74) is 1.87. The minimum Gasteiger partial charge on any atom is -0.494 e. The number of rotatable bonds is 12. The molecule has 37 heavy (non-hydrogen) atoms. The second-order valence-electron chi connectivity index (χ2n) is 8.86. The summed E-state index contributed by atoms with van der Waals surface area (Å²) in [4.78, 5) is 42.2. The molecular formula is C27H31Cl2N3O5. The van der Waals surface area contributed by atoms with Gasteiger partial charge in [0.1, 0.15) is 11.8 Å². The van der Waals surface area contributed by atoms with Crippen LogP contribution in [0.2, 0.25) is 10.0 Å². The van der Waals surface area contributed by atoms with Gasteiger partial charge < -0.3 is 20.1 Å². The zero-order valence-corrected chi connectivity index (χ0v) is 22.2. The monoisotopic (exact) mass is 547 g/mol. The molecule has 1 aliphatic heterocycles. The fraction of sp³-hybridized carbons (Fsp3) is 0.407. The number of carbonyl (C=O) groups excluding carboxylic acids is 2. The minimum atomic E-state index is -1.16. The molecule has 2 amide bonds. The number of nitrogens with one attached hydrogen (secondary N) is 1. The van der Waals surface area contributed by atoms with Crippen molar-refractivity contribution in [1.82, 2.24) is 10.2 Å². The van der Waals surface area contributed by atoms with Crippen molar-refractivity contribution >= 4 is 46.7 Å². The predicted molar refractivity (Wildman–Crippen MR) is 144 cm³/mol. The van der Waals surface area contributed by atoms with Crippen LogP contribution in [-0.4, -0.2) is 65.8 Å². The SMILES string of the molecule is CC(=O)N1CCN=C(CCCCCOc2ccc(CC(NC(=O)c3c(Cl)cccc3Cl)C(=O)O)cc2)C1. The number of benzene rings is 2. The number of unbranched alkanes of at least 4 members (excludes halogenated alkanes) is 2. The first-order chi connectivity index (χ1) is 17.7. The van der Waals surface area contributed by atoms with Crippen molar-refractivity contribution < 1.29 is 24.2 Å². The molecular weight excluding hydrogens is 517 g/mol. The molecule has 2 aromatic carbocycles. The molecule has 1 heterocycles. The molecule has 0 saturated carbocycles. The molecule has 0 saturated heterocycles. The number of halogens is 2. The smallest absolute Gasteiger partial charge is 0.326 e. The van der Waals surface area contributed by atoms with Crippen molar-refractivity contribution in [1.29, 1.82) is 0 Å². The van der Waals surface area contributed by atoms with Gasteiger partial charge in [-0.3, -0.25) is 14.6 Å². The van der Waals surface area contributed by atoms with E-state index in [9.17, 15) is 19.5 Å². The molecule has 10 heteroatoms. The fourth-order valence-corrected chi connectivity index (χ4v) is 4.57. The van der Waals surface area contributed by atoms with Crippen LogP contribution < -0.4 is 10.1 Å². The quantitative estimate of drug-likeness (QED) is 0.375. The van der Waals surface area contributed by atoms with Crippen LogP contribution in [0, 0.1) is 0 Å². The molecule has 3 rings (SSSR count). The minimum absolute atomic E-state index is 0.0468. The van der Waals surface area contributed by atoms with Gasteiger partial charge in [-0.05, 0) is 55.5 Å². The summed E-state index contributed by atoms with van der Waals surface area (Å²) in [6.07, 6.45) is 3.86. The molecule has 1 unspecified atom stereocenters. The maximum Gasteiger partial charge on any atom is 0.326 e. The molecule has 1 atom stereocenters. The predicted octanol–water partition coefficient (Wildman–Crippen LogP) is 4.66. The lowest BCUT2D eigenvalue weighted by Crippen LogP contribution is -2.42. The fourth-order valence-electron chi connectivity index (χ4n) is 4.01. The zero-order valence-electron chi connectivity index (χ0n) is 20.7. The molecule has 0 spiro atoms. The Balaban J connectivity index is 1.41. The zero-order chi connectivity index (χ0) is 26.8. The van der Waals surface area contributed by atoms with Crippen molar-refractivity contribution in [3.8, 4) is 5.75 Å². The van der Waals surface area contributed by atoms with Crippen LogP contribution in [0.4, 0.5) is 0 Å². The van der Waals surface area contributed by atoms with Crippen LogP contribution in [0.1, 0.15) is 48.5 Å². The van der Waals surface area contributed by atoms with Crippen LogP contribution in [0.3, 0.4) is 0 Å². The van der Waals surface area contributed by atoms with E-state index in [1.54, 1.807) is 37.3 Å². The van der Waals surface area contributed by atoms with Crippen molar-refractivity contribution in [3.63, 3.8) is 0 Å². The summed E-state index contributed by atoms with van der Waals surface area (Å²) in [5, 5.41) is 12.4. The van der Waals surface area contributed by atoms with Gasteiger partial charge in [0.25, 0.3) is 5.91 Å². The highest BCUT2D eigenvalue weighted by atomic mass is 35.5. The summed E-state index contributed by atoms with van der Waals surface area (Å²) < 4.78 is 5.80. The van der Waals surface area contributed by atoms with Crippen LogP contribution in [0.5, 0.6) is 5.75 Å². The number of carbonyl (C=O) groups is 3. The van der Waals surface area contributed by atoms with E-state index in [4.69, 9.17) is 27.9 Å². The van der Waals surface area contributed by atoms with Gasteiger partial charge in [0.05, 0.1) is 35.3 Å². The normalized spacial score (nSPS) is 14.0. The highest BCUT2D eigenvalue weighted by Crippen LogP contribution is 2.24. The Hall–Kier alpha value is -3.10. The third kappa shape index (κ3) is 8.76. The van der Waals surface area contributed by atoms with Gasteiger partial charge in [-0.1, -0.05) is 41.4 Å². The van der Waals surface area contributed by atoms with Crippen LogP contribution in [0.15, 0.2) is 47.5 Å². The number of aliphatic imine (C=N–C) groups is 1. The van der Waals surface area contributed by atoms with E-state index < -0.39 is 17.9 Å². The maximum absolute atomic E-state index is 12.6. The van der Waals surface area contributed by atoms with Gasteiger partial charge in [-0.25, -0.2) is 4.79 Å². The second kappa shape index (κ2) is 14.0. The first-order valence-corrected chi connectivity index (χ1v) is 13.0. The number of carboxylic acids is 1. The van der Waals surface area contributed by atoms with Crippen molar-refractivity contribution in [3.05, 3.63) is 63.6 Å². The topological polar surface area (TPSA) is 108 Å². The molecule has 2 N–H and O–H groups in total. The van der Waals surface area contributed by atoms with Crippen LogP contribution >= 0.6 is 23.2 Å². The van der Waals surface area contributed by atoms with E-state index in [0.717, 1.165) is 37.0 Å². The van der Waals surface area contributed by atoms with E-state index in [-0.39, 0.29) is 27.9 Å². The van der Waals surface area contributed by atoms with Gasteiger partial charge in [0.15, 0.2) is 0 Å². The number of nitrogens with zero attached hydrogens (tertiary/aromatic N) is 2. The molecule has 1 aliphatic rings. The molecule has 0 radical (unpaired) electrons. The Kier molecular flexibility index (Phi) is 10.8. The van der Waals surface area contributed by atoms with Gasteiger partial charge in [-0.2, -0.15) is 0 Å². The van der Waals surface area contributed by atoms with E-state index in [1.165, 1.54) is 12.1 Å². The third-order valence-electron chi connectivity index (χ3n) is 6.06. The number of amides is 2. The van der Waals surface area contributed by atoms with E-state index in [0.29, 0.717) is 32.0 Å². The molecule has 2 aromatic rings. The number of carboxylic acid groups (broad SMARTS) is 1. The first-order valence-electron chi connectivity index (χ1n) is 12.2. The lowest BCUT2D eigenvalue weighted by atomic mass is 10.1. The Bertz CT molecular complexity index is 1120. The Morgan fingerprint density at radius 1 is 1.08 bits per heavy atom. The first kappa shape index (κ1) is 28.5. The average molecular weight is 548 g/mol. The van der Waals surface area contributed by atoms with E-state index in [2.05, 4.69) is 10.3 Å². The lowest BCUT2D eigenvalue weighted by Gasteiger charge is -2.25. The van der Waals surface area contributed by atoms with Crippen molar-refractivity contribution in [2.45, 2.75) is 45.1 Å². The second-order valence-corrected chi connectivity index (χ2v) is 9.67. The van der Waals surface area contributed by atoms with Gasteiger partial charge in [-0.15, -0.1) is 0 Å². The molecule has 0 fully saturated rings. The maximum atomic E-state index is 12.6. The summed E-state index contributed by atoms with van der Waals surface area (Å²) in [6.45, 7) is 4.18. The third-order valence-corrected chi connectivity index (χ3v) is 6.69. The molecule has 0 aromatic heterocycles. The highest BCUT2D eigenvalue weighted by Gasteiger charge is 2.24. The Labute approximate surface area is 226 Å². The number of ether oxygens (including phenoxy) is 1. The number of aliphatic carboxylic acids is 1. The summed E-state index contributed by atoms with van der Waals surface area (Å²) in [5.74, 6) is -1.02. The van der Waals surface area contributed by atoms with Gasteiger partial charge in [0.2, 0.25) is 5.91 Å². The van der Waals surface area contributed by atoms with Crippen LogP contribution in [0.25, 0.3) is 0 Å². The van der Waals surface area contributed by atoms with Gasteiger partial charge >= 0.3 is 5.97 Å². The lowest BCUT2D eigenvalue weighted by molar-refractivity contribution is -0.139. The molecule has 198 valence electrons. The largest absolute Gasteiger partial charge is 0.494 e. The average Bonchev–Trinajstić information content (AvgIpc) is 2.86. The molecule has 8 nitrogen and oxygen atoms in total. The number of hydrogen-bond acceptors (Lipinski definition) is 5. The van der Waals surface area contributed by atoms with Gasteiger partial charge in [0, 0.05) is 25.6 Å². The highest BCUT2D eigenvalue weighted by molar-refractivity contribution is 6.39. The van der Waals surface area contributed by atoms with Crippen molar-refractivity contribution in [2.24, 2.45) is 4.99 Å². The van der Waals surface area contributed by atoms with Crippen molar-refractivity contribution in [2.75, 3.05) is 26.2 Å². The summed E-state index contributed by atoms with van der Waals surface area (Å²) in [7, 11) is 0. The molecule has 0 aliphatic carbocycles. The Morgan fingerprint density at radius 3 is 2.43 bits per heavy atom. The molecule has 0 bridgehead atoms. The van der Waals surface area contributed by atoms with Crippen LogP contribution in [-0.2, 0) is 16.0 Å². The van der Waals surface area contributed by atoms with E-state index >= 15 is 0 Å². The van der Waals surface area contributed by atoms with E-state index in [1.807, 2.05) is 4.90 Å². The summed E-state index contributed by atoms with van der Waals surface area (Å²) in [6, 6.07) is 10.6. The Morgan fingerprint density at radius 2 is 1.78 bits per heavy atom. The standard InChI is InChI=1S/C27H31Cl2N3O5/c1-18(33)32-14-13-30-20(17-32)6-3-2-4-15-37-21-11-9-19(10-12-21)16-24(27(35)36)31-26(34)25-22(28)7-5-8-23(25)29/h5,7-12,24H,2-4,6,13-17H2,1H3,(H,31,34)(H,35,36). The summed E-state index contributed by atoms with van der Waals surface area (Å²) >= 11 is 12.1.